The van der Waals surface area contributed by atoms with Crippen LogP contribution in [-0.4, -0.2) is 19.4 Å². The molecule has 0 aliphatic carbocycles. The molecular weight excluding hydrogens is 194 g/mol. The minimum atomic E-state index is 0.340. The predicted octanol–water partition coefficient (Wildman–Crippen LogP) is 1.80. The fourth-order valence-corrected chi connectivity index (χ4v) is 1.59. The summed E-state index contributed by atoms with van der Waals surface area (Å²) in [5, 5.41) is 8.77. The van der Waals surface area contributed by atoms with Crippen LogP contribution in [0.4, 0.5) is 0 Å². The topological polar surface area (TPSA) is 50.7 Å². The highest BCUT2D eigenvalue weighted by Gasteiger charge is 2.14. The summed E-state index contributed by atoms with van der Waals surface area (Å²) in [6.07, 6.45) is 0. The van der Waals surface area contributed by atoms with Gasteiger partial charge in [-0.1, -0.05) is 0 Å². The number of methoxy groups -OCH3 is 2. The monoisotopic (exact) mass is 211 g/mol. The fourth-order valence-electron chi connectivity index (χ4n) is 1.59. The largest absolute Gasteiger partial charge is 0.493 e. The van der Waals surface area contributed by atoms with Crippen LogP contribution >= 0.6 is 0 Å². The van der Waals surface area contributed by atoms with Gasteiger partial charge in [-0.25, -0.2) is 5.48 Å². The standard InChI is InChI=1S/C11H17NO3/c1-7-5-10(14-3)11(15-4)9(6-12-13)8(7)2/h5,12-13H,6H2,1-4H3. The third-order valence-electron chi connectivity index (χ3n) is 2.57. The Morgan fingerprint density at radius 2 is 1.93 bits per heavy atom. The quantitative estimate of drug-likeness (QED) is 0.746. The second-order valence-electron chi connectivity index (χ2n) is 3.37. The average Bonchev–Trinajstić information content (AvgIpc) is 2.24. The average molecular weight is 211 g/mol. The maximum absolute atomic E-state index is 8.77. The lowest BCUT2D eigenvalue weighted by Crippen LogP contribution is -2.10. The van der Waals surface area contributed by atoms with Gasteiger partial charge in [-0.15, -0.1) is 0 Å². The normalized spacial score (nSPS) is 10.2. The molecule has 0 aromatic heterocycles. The number of rotatable bonds is 4. The van der Waals surface area contributed by atoms with E-state index >= 15 is 0 Å². The molecule has 0 heterocycles. The predicted molar refractivity (Wildman–Crippen MR) is 57.6 cm³/mol. The van der Waals surface area contributed by atoms with Crippen LogP contribution in [0.1, 0.15) is 16.7 Å². The second kappa shape index (κ2) is 5.00. The lowest BCUT2D eigenvalue weighted by molar-refractivity contribution is 0.159. The van der Waals surface area contributed by atoms with Gasteiger partial charge in [0.2, 0.25) is 0 Å². The van der Waals surface area contributed by atoms with Gasteiger partial charge < -0.3 is 14.7 Å². The van der Waals surface area contributed by atoms with E-state index in [0.717, 1.165) is 16.7 Å². The van der Waals surface area contributed by atoms with Gasteiger partial charge in [0.15, 0.2) is 11.5 Å². The maximum Gasteiger partial charge on any atom is 0.165 e. The Balaban J connectivity index is 3.35. The van der Waals surface area contributed by atoms with E-state index in [4.69, 9.17) is 14.7 Å². The van der Waals surface area contributed by atoms with E-state index in [1.807, 2.05) is 19.9 Å². The number of ether oxygens (including phenoxy) is 2. The third-order valence-corrected chi connectivity index (χ3v) is 2.57. The van der Waals surface area contributed by atoms with Gasteiger partial charge in [-0.05, 0) is 31.0 Å². The third kappa shape index (κ3) is 2.22. The summed E-state index contributed by atoms with van der Waals surface area (Å²) in [4.78, 5) is 0. The van der Waals surface area contributed by atoms with E-state index < -0.39 is 0 Å². The van der Waals surface area contributed by atoms with Gasteiger partial charge in [0.1, 0.15) is 0 Å². The zero-order valence-electron chi connectivity index (χ0n) is 9.55. The second-order valence-corrected chi connectivity index (χ2v) is 3.37. The van der Waals surface area contributed by atoms with Gasteiger partial charge in [0.05, 0.1) is 14.2 Å². The van der Waals surface area contributed by atoms with Crippen LogP contribution in [0.15, 0.2) is 6.07 Å². The summed E-state index contributed by atoms with van der Waals surface area (Å²) in [5.41, 5.74) is 5.26. The van der Waals surface area contributed by atoms with Crippen molar-refractivity contribution in [1.29, 1.82) is 0 Å². The van der Waals surface area contributed by atoms with Crippen LogP contribution in [0.3, 0.4) is 0 Å². The van der Waals surface area contributed by atoms with Crippen LogP contribution in [0.2, 0.25) is 0 Å². The summed E-state index contributed by atoms with van der Waals surface area (Å²) >= 11 is 0. The highest BCUT2D eigenvalue weighted by molar-refractivity contribution is 5.53. The number of aryl methyl sites for hydroxylation is 1. The van der Waals surface area contributed by atoms with Crippen molar-refractivity contribution in [2.45, 2.75) is 20.4 Å². The van der Waals surface area contributed by atoms with Crippen LogP contribution in [-0.2, 0) is 6.54 Å². The van der Waals surface area contributed by atoms with Gasteiger partial charge in [-0.2, -0.15) is 0 Å². The van der Waals surface area contributed by atoms with Crippen molar-refractivity contribution in [2.75, 3.05) is 14.2 Å². The molecule has 0 amide bonds. The van der Waals surface area contributed by atoms with Crippen LogP contribution in [0, 0.1) is 13.8 Å². The zero-order valence-corrected chi connectivity index (χ0v) is 9.55. The zero-order chi connectivity index (χ0) is 11.4. The minimum absolute atomic E-state index is 0.340. The van der Waals surface area contributed by atoms with E-state index in [2.05, 4.69) is 5.48 Å². The fraction of sp³-hybridized carbons (Fsp3) is 0.455. The van der Waals surface area contributed by atoms with E-state index in [-0.39, 0.29) is 0 Å². The highest BCUT2D eigenvalue weighted by atomic mass is 16.5. The van der Waals surface area contributed by atoms with Crippen LogP contribution in [0.5, 0.6) is 11.5 Å². The van der Waals surface area contributed by atoms with E-state index in [9.17, 15) is 0 Å². The first-order valence-corrected chi connectivity index (χ1v) is 4.73. The first kappa shape index (κ1) is 11.8. The van der Waals surface area contributed by atoms with Crippen molar-refractivity contribution in [2.24, 2.45) is 0 Å². The molecule has 1 rings (SSSR count). The molecule has 2 N–H and O–H groups in total. The molecule has 0 radical (unpaired) electrons. The molecule has 0 saturated heterocycles. The number of nitrogens with one attached hydrogen (secondary N) is 1. The van der Waals surface area contributed by atoms with Crippen molar-refractivity contribution in [3.05, 3.63) is 22.8 Å². The summed E-state index contributed by atoms with van der Waals surface area (Å²) in [6, 6.07) is 1.93. The molecule has 0 saturated carbocycles. The summed E-state index contributed by atoms with van der Waals surface area (Å²) in [6.45, 7) is 4.33. The minimum Gasteiger partial charge on any atom is -0.493 e. The molecule has 0 atom stereocenters. The van der Waals surface area contributed by atoms with E-state index in [1.54, 1.807) is 14.2 Å². The van der Waals surface area contributed by atoms with Gasteiger partial charge in [0, 0.05) is 12.1 Å². The summed E-state index contributed by atoms with van der Waals surface area (Å²) in [5.74, 6) is 1.35. The van der Waals surface area contributed by atoms with Gasteiger partial charge >= 0.3 is 0 Å². The number of hydrogen-bond acceptors (Lipinski definition) is 4. The Kier molecular flexibility index (Phi) is 3.94. The lowest BCUT2D eigenvalue weighted by Gasteiger charge is -2.16. The molecule has 0 aliphatic rings. The Labute approximate surface area is 89.8 Å². The van der Waals surface area contributed by atoms with E-state index in [0.29, 0.717) is 18.0 Å². The maximum atomic E-state index is 8.77. The summed E-state index contributed by atoms with van der Waals surface area (Å²) in [7, 11) is 3.19. The molecule has 4 nitrogen and oxygen atoms in total. The number of hydroxylamine groups is 1. The number of benzene rings is 1. The Morgan fingerprint density at radius 3 is 2.40 bits per heavy atom. The molecule has 0 spiro atoms. The molecule has 4 heteroatoms. The smallest absolute Gasteiger partial charge is 0.165 e. The lowest BCUT2D eigenvalue weighted by atomic mass is 10.0. The molecular formula is C11H17NO3. The molecule has 15 heavy (non-hydrogen) atoms. The van der Waals surface area contributed by atoms with Gasteiger partial charge in [-0.3, -0.25) is 0 Å². The molecule has 0 unspecified atom stereocenters. The number of hydrogen-bond donors (Lipinski definition) is 2. The van der Waals surface area contributed by atoms with Crippen molar-refractivity contribution in [3.8, 4) is 11.5 Å². The Bertz CT molecular complexity index is 350. The molecule has 1 aromatic carbocycles. The molecule has 0 aliphatic heterocycles. The van der Waals surface area contributed by atoms with Crippen LogP contribution < -0.4 is 15.0 Å². The Morgan fingerprint density at radius 1 is 1.27 bits per heavy atom. The first-order valence-electron chi connectivity index (χ1n) is 4.73. The summed E-state index contributed by atoms with van der Waals surface area (Å²) < 4.78 is 10.5. The SMILES string of the molecule is COc1cc(C)c(C)c(CNO)c1OC. The molecule has 0 bridgehead atoms. The van der Waals surface area contributed by atoms with Crippen LogP contribution in [0.25, 0.3) is 0 Å². The van der Waals surface area contributed by atoms with Crippen molar-refractivity contribution in [1.82, 2.24) is 5.48 Å². The van der Waals surface area contributed by atoms with E-state index in [1.165, 1.54) is 0 Å². The van der Waals surface area contributed by atoms with Crippen molar-refractivity contribution >= 4 is 0 Å². The van der Waals surface area contributed by atoms with Gasteiger partial charge in [0.25, 0.3) is 0 Å². The molecule has 1 aromatic rings. The first-order chi connectivity index (χ1) is 7.15. The highest BCUT2D eigenvalue weighted by Crippen LogP contribution is 2.35. The Hall–Kier alpha value is -1.26. The molecule has 84 valence electrons. The molecule has 0 fully saturated rings. The van der Waals surface area contributed by atoms with Crippen molar-refractivity contribution < 1.29 is 14.7 Å². The van der Waals surface area contributed by atoms with Crippen molar-refractivity contribution in [3.63, 3.8) is 0 Å².